The van der Waals surface area contributed by atoms with Crippen molar-refractivity contribution in [1.29, 1.82) is 0 Å². The van der Waals surface area contributed by atoms with E-state index >= 15 is 0 Å². The van der Waals surface area contributed by atoms with Crippen LogP contribution in [0.25, 0.3) is 0 Å². The first-order chi connectivity index (χ1) is 11.9. The SMILES string of the molecule is CCNC(=NCC1CCS(=O)(=O)C1)N(C)Cc1ccc(OCC)cc1.I. The minimum atomic E-state index is -2.85. The number of hydrogen-bond donors (Lipinski definition) is 1. The summed E-state index contributed by atoms with van der Waals surface area (Å²) < 4.78 is 28.6. The van der Waals surface area contributed by atoms with Crippen LogP contribution in [0.3, 0.4) is 0 Å². The molecule has 148 valence electrons. The number of nitrogens with zero attached hydrogens (tertiary/aromatic N) is 2. The van der Waals surface area contributed by atoms with Gasteiger partial charge in [0.15, 0.2) is 15.8 Å². The van der Waals surface area contributed by atoms with Crippen LogP contribution in [0, 0.1) is 5.92 Å². The molecule has 0 aromatic heterocycles. The van der Waals surface area contributed by atoms with E-state index in [9.17, 15) is 8.42 Å². The van der Waals surface area contributed by atoms with Crippen molar-refractivity contribution < 1.29 is 13.2 Å². The molecular weight excluding hydrogens is 465 g/mol. The molecule has 1 saturated heterocycles. The fraction of sp³-hybridized carbons (Fsp3) is 0.611. The fourth-order valence-electron chi connectivity index (χ4n) is 2.91. The highest BCUT2D eigenvalue weighted by Gasteiger charge is 2.27. The Morgan fingerprint density at radius 1 is 1.31 bits per heavy atom. The number of halogens is 1. The molecule has 0 saturated carbocycles. The molecule has 0 spiro atoms. The van der Waals surface area contributed by atoms with Gasteiger partial charge in [0.2, 0.25) is 0 Å². The molecule has 0 radical (unpaired) electrons. The summed E-state index contributed by atoms with van der Waals surface area (Å²) in [5.74, 6) is 2.37. The molecule has 1 aliphatic heterocycles. The lowest BCUT2D eigenvalue weighted by atomic mass is 10.1. The van der Waals surface area contributed by atoms with Gasteiger partial charge in [0.05, 0.1) is 18.1 Å². The Balaban J connectivity index is 0.00000338. The zero-order chi connectivity index (χ0) is 18.3. The lowest BCUT2D eigenvalue weighted by Gasteiger charge is -2.22. The minimum Gasteiger partial charge on any atom is -0.494 e. The third-order valence-corrected chi connectivity index (χ3v) is 6.01. The molecule has 0 amide bonds. The molecule has 0 aliphatic carbocycles. The number of nitrogens with one attached hydrogen (secondary N) is 1. The number of rotatable bonds is 7. The highest BCUT2D eigenvalue weighted by molar-refractivity contribution is 14.0. The summed E-state index contributed by atoms with van der Waals surface area (Å²) in [4.78, 5) is 6.70. The van der Waals surface area contributed by atoms with E-state index in [1.807, 2.05) is 33.0 Å². The van der Waals surface area contributed by atoms with Crippen LogP contribution in [0.5, 0.6) is 5.75 Å². The Hall–Kier alpha value is -1.03. The zero-order valence-electron chi connectivity index (χ0n) is 15.8. The average molecular weight is 495 g/mol. The van der Waals surface area contributed by atoms with Gasteiger partial charge in [-0.05, 0) is 43.9 Å². The lowest BCUT2D eigenvalue weighted by Crippen LogP contribution is -2.38. The number of benzene rings is 1. The molecule has 1 atom stereocenters. The van der Waals surface area contributed by atoms with E-state index in [-0.39, 0.29) is 35.6 Å². The van der Waals surface area contributed by atoms with Gasteiger partial charge >= 0.3 is 0 Å². The Kier molecular flexibility index (Phi) is 9.70. The van der Waals surface area contributed by atoms with Crippen LogP contribution < -0.4 is 10.1 Å². The van der Waals surface area contributed by atoms with Crippen molar-refractivity contribution in [3.8, 4) is 5.75 Å². The summed E-state index contributed by atoms with van der Waals surface area (Å²) in [7, 11) is -0.859. The van der Waals surface area contributed by atoms with E-state index in [1.54, 1.807) is 0 Å². The van der Waals surface area contributed by atoms with Crippen LogP contribution in [0.15, 0.2) is 29.3 Å². The predicted molar refractivity (Wildman–Crippen MR) is 117 cm³/mol. The molecule has 1 aliphatic rings. The van der Waals surface area contributed by atoms with Gasteiger partial charge in [0.25, 0.3) is 0 Å². The smallest absolute Gasteiger partial charge is 0.193 e. The molecule has 1 N–H and O–H groups in total. The van der Waals surface area contributed by atoms with Crippen molar-refractivity contribution in [2.75, 3.05) is 38.2 Å². The number of sulfone groups is 1. The van der Waals surface area contributed by atoms with Crippen LogP contribution in [0.1, 0.15) is 25.8 Å². The van der Waals surface area contributed by atoms with E-state index < -0.39 is 9.84 Å². The molecule has 26 heavy (non-hydrogen) atoms. The molecule has 2 rings (SSSR count). The molecule has 0 bridgehead atoms. The number of ether oxygens (including phenoxy) is 1. The first-order valence-corrected chi connectivity index (χ1v) is 10.7. The molecule has 1 aromatic rings. The van der Waals surface area contributed by atoms with Gasteiger partial charge in [-0.1, -0.05) is 12.1 Å². The quantitative estimate of drug-likeness (QED) is 0.358. The molecule has 1 heterocycles. The monoisotopic (exact) mass is 495 g/mol. The van der Waals surface area contributed by atoms with Crippen molar-refractivity contribution in [2.45, 2.75) is 26.8 Å². The van der Waals surface area contributed by atoms with Crippen LogP contribution >= 0.6 is 24.0 Å². The Bertz CT molecular complexity index is 677. The number of hydrogen-bond acceptors (Lipinski definition) is 4. The molecular formula is C18H30IN3O3S. The highest BCUT2D eigenvalue weighted by atomic mass is 127. The van der Waals surface area contributed by atoms with Crippen LogP contribution in [-0.4, -0.2) is 57.5 Å². The molecule has 6 nitrogen and oxygen atoms in total. The Morgan fingerprint density at radius 2 is 2.00 bits per heavy atom. The molecule has 1 fully saturated rings. The Labute approximate surface area is 174 Å². The summed E-state index contributed by atoms with van der Waals surface area (Å²) >= 11 is 0. The highest BCUT2D eigenvalue weighted by Crippen LogP contribution is 2.19. The third-order valence-electron chi connectivity index (χ3n) is 4.18. The predicted octanol–water partition coefficient (Wildman–Crippen LogP) is 2.54. The second-order valence-corrected chi connectivity index (χ2v) is 8.63. The molecule has 1 aromatic carbocycles. The summed E-state index contributed by atoms with van der Waals surface area (Å²) in [5, 5.41) is 3.28. The van der Waals surface area contributed by atoms with Crippen LogP contribution in [-0.2, 0) is 16.4 Å². The summed E-state index contributed by atoms with van der Waals surface area (Å²) in [6.07, 6.45) is 0.716. The second-order valence-electron chi connectivity index (χ2n) is 6.40. The standard InChI is InChI=1S/C18H29N3O3S.HI/c1-4-19-18(20-12-16-10-11-25(22,23)14-16)21(3)13-15-6-8-17(9-7-15)24-5-2;/h6-9,16H,4-5,10-14H2,1-3H3,(H,19,20);1H. The van der Waals surface area contributed by atoms with E-state index in [2.05, 4.69) is 27.3 Å². The summed E-state index contributed by atoms with van der Waals surface area (Å²) in [6.45, 7) is 6.70. The molecule has 8 heteroatoms. The largest absolute Gasteiger partial charge is 0.494 e. The topological polar surface area (TPSA) is 71.0 Å². The summed E-state index contributed by atoms with van der Waals surface area (Å²) in [5.41, 5.74) is 1.17. The maximum atomic E-state index is 11.6. The second kappa shape index (κ2) is 11.0. The van der Waals surface area contributed by atoms with E-state index in [0.717, 1.165) is 24.8 Å². The minimum absolute atomic E-state index is 0. The van der Waals surface area contributed by atoms with Gasteiger partial charge in [-0.25, -0.2) is 8.42 Å². The van der Waals surface area contributed by atoms with E-state index in [4.69, 9.17) is 4.74 Å². The van der Waals surface area contributed by atoms with Crippen molar-refractivity contribution in [1.82, 2.24) is 10.2 Å². The number of aliphatic imine (C=N–C) groups is 1. The Morgan fingerprint density at radius 3 is 2.54 bits per heavy atom. The number of guanidine groups is 1. The fourth-order valence-corrected chi connectivity index (χ4v) is 4.76. The van der Waals surface area contributed by atoms with Gasteiger partial charge < -0.3 is 15.0 Å². The first-order valence-electron chi connectivity index (χ1n) is 8.85. The lowest BCUT2D eigenvalue weighted by molar-refractivity contribution is 0.340. The van der Waals surface area contributed by atoms with Crippen LogP contribution in [0.4, 0.5) is 0 Å². The maximum Gasteiger partial charge on any atom is 0.193 e. The van der Waals surface area contributed by atoms with Gasteiger partial charge in [-0.3, -0.25) is 4.99 Å². The van der Waals surface area contributed by atoms with Gasteiger partial charge in [0, 0.05) is 26.7 Å². The average Bonchev–Trinajstić information content (AvgIpc) is 2.92. The molecule has 1 unspecified atom stereocenters. The van der Waals surface area contributed by atoms with Crippen molar-refractivity contribution in [2.24, 2.45) is 10.9 Å². The zero-order valence-corrected chi connectivity index (χ0v) is 18.9. The van der Waals surface area contributed by atoms with E-state index in [0.29, 0.717) is 25.3 Å². The first kappa shape index (κ1) is 23.0. The van der Waals surface area contributed by atoms with E-state index in [1.165, 1.54) is 5.56 Å². The van der Waals surface area contributed by atoms with Crippen molar-refractivity contribution >= 4 is 39.8 Å². The normalized spacial score (nSPS) is 18.9. The van der Waals surface area contributed by atoms with Gasteiger partial charge in [0.1, 0.15) is 5.75 Å². The van der Waals surface area contributed by atoms with Crippen LogP contribution in [0.2, 0.25) is 0 Å². The van der Waals surface area contributed by atoms with Gasteiger partial charge in [-0.15, -0.1) is 24.0 Å². The third kappa shape index (κ3) is 7.30. The summed E-state index contributed by atoms with van der Waals surface area (Å²) in [6, 6.07) is 8.05. The van der Waals surface area contributed by atoms with Crippen molar-refractivity contribution in [3.63, 3.8) is 0 Å². The van der Waals surface area contributed by atoms with Crippen molar-refractivity contribution in [3.05, 3.63) is 29.8 Å². The maximum absolute atomic E-state index is 11.6. The van der Waals surface area contributed by atoms with Gasteiger partial charge in [-0.2, -0.15) is 0 Å².